The Hall–Kier alpha value is -4.53. The van der Waals surface area contributed by atoms with Crippen LogP contribution in [0.5, 0.6) is 0 Å². The molecule has 0 saturated carbocycles. The van der Waals surface area contributed by atoms with E-state index >= 15 is 0 Å². The second-order valence-corrected chi connectivity index (χ2v) is 12.5. The maximum Gasteiger partial charge on any atom is 0.247 e. The largest absolute Gasteiger partial charge is 0.340 e. The zero-order valence-electron chi connectivity index (χ0n) is 25.8. The van der Waals surface area contributed by atoms with Crippen LogP contribution >= 0.6 is 0 Å². The molecule has 9 nitrogen and oxygen atoms in total. The fourth-order valence-corrected chi connectivity index (χ4v) is 6.34. The van der Waals surface area contributed by atoms with Gasteiger partial charge in [-0.15, -0.1) is 0 Å². The van der Waals surface area contributed by atoms with Gasteiger partial charge in [-0.1, -0.05) is 58.0 Å². The highest BCUT2D eigenvalue weighted by Crippen LogP contribution is 2.33. The molecule has 1 unspecified atom stereocenters. The Kier molecular flexibility index (Phi) is 8.21. The first-order valence-electron chi connectivity index (χ1n) is 15.7. The van der Waals surface area contributed by atoms with Gasteiger partial charge in [-0.2, -0.15) is 0 Å². The van der Waals surface area contributed by atoms with Crippen LogP contribution < -0.4 is 5.32 Å². The highest BCUT2D eigenvalue weighted by Gasteiger charge is 2.35. The first-order chi connectivity index (χ1) is 21.2. The van der Waals surface area contributed by atoms with Gasteiger partial charge in [0, 0.05) is 41.6 Å². The third-order valence-corrected chi connectivity index (χ3v) is 8.72. The van der Waals surface area contributed by atoms with Crippen LogP contribution in [0.25, 0.3) is 33.4 Å². The summed E-state index contributed by atoms with van der Waals surface area (Å²) in [4.78, 5) is 54.9. The summed E-state index contributed by atoms with van der Waals surface area (Å²) in [6.45, 7) is 9.03. The van der Waals surface area contributed by atoms with Crippen LogP contribution in [0, 0.1) is 11.8 Å². The molecule has 0 aliphatic carbocycles. The van der Waals surface area contributed by atoms with Crippen molar-refractivity contribution in [2.45, 2.75) is 65.5 Å². The van der Waals surface area contributed by atoms with Crippen molar-refractivity contribution in [3.8, 4) is 22.5 Å². The fraction of sp³-hybridized carbons (Fsp3) is 0.400. The van der Waals surface area contributed by atoms with E-state index in [0.717, 1.165) is 65.0 Å². The Bertz CT molecular complexity index is 1690. The molecule has 44 heavy (non-hydrogen) atoms. The number of hydrogen-bond donors (Lipinski definition) is 2. The fourth-order valence-electron chi connectivity index (χ4n) is 6.34. The van der Waals surface area contributed by atoms with E-state index < -0.39 is 6.04 Å². The first-order valence-corrected chi connectivity index (χ1v) is 15.7. The van der Waals surface area contributed by atoms with Gasteiger partial charge in [0.25, 0.3) is 0 Å². The highest BCUT2D eigenvalue weighted by atomic mass is 16.2. The summed E-state index contributed by atoms with van der Waals surface area (Å²) >= 11 is 0. The molecule has 2 aromatic carbocycles. The van der Waals surface area contributed by atoms with E-state index in [4.69, 9.17) is 4.98 Å². The van der Waals surface area contributed by atoms with E-state index in [1.54, 1.807) is 4.90 Å². The third-order valence-electron chi connectivity index (χ3n) is 8.72. The number of benzene rings is 2. The molecule has 9 heteroatoms. The third kappa shape index (κ3) is 5.83. The van der Waals surface area contributed by atoms with Crippen molar-refractivity contribution in [3.63, 3.8) is 0 Å². The van der Waals surface area contributed by atoms with Gasteiger partial charge < -0.3 is 20.1 Å². The molecule has 2 aromatic heterocycles. The van der Waals surface area contributed by atoms with E-state index in [-0.39, 0.29) is 35.6 Å². The van der Waals surface area contributed by atoms with E-state index in [2.05, 4.69) is 39.6 Å². The summed E-state index contributed by atoms with van der Waals surface area (Å²) in [5.74, 6) is 0.736. The number of aromatic amines is 1. The molecular formula is C35H40N6O3. The summed E-state index contributed by atoms with van der Waals surface area (Å²) in [5, 5.41) is 3.93. The van der Waals surface area contributed by atoms with Gasteiger partial charge in [-0.25, -0.2) is 9.97 Å². The van der Waals surface area contributed by atoms with Crippen molar-refractivity contribution in [1.82, 2.24) is 24.8 Å². The number of pyridine rings is 1. The number of carbonyl (C=O) groups excluding carboxylic acids is 3. The second kappa shape index (κ2) is 12.2. The van der Waals surface area contributed by atoms with Crippen LogP contribution in [-0.2, 0) is 14.4 Å². The van der Waals surface area contributed by atoms with E-state index in [1.165, 1.54) is 0 Å². The molecule has 3 amide bonds. The number of nitrogens with zero attached hydrogens (tertiary/aromatic N) is 4. The van der Waals surface area contributed by atoms with Gasteiger partial charge in [0.2, 0.25) is 17.7 Å². The highest BCUT2D eigenvalue weighted by molar-refractivity contribution is 5.99. The van der Waals surface area contributed by atoms with Crippen molar-refractivity contribution in [2.75, 3.05) is 18.4 Å². The Balaban J connectivity index is 1.14. The summed E-state index contributed by atoms with van der Waals surface area (Å²) in [7, 11) is 0. The zero-order chi connectivity index (χ0) is 31.0. The Morgan fingerprint density at radius 1 is 0.841 bits per heavy atom. The molecule has 2 N–H and O–H groups in total. The lowest BCUT2D eigenvalue weighted by atomic mass is 10.1. The topological polar surface area (TPSA) is 111 Å². The molecule has 2 saturated heterocycles. The van der Waals surface area contributed by atoms with Crippen LogP contribution in [-0.4, -0.2) is 61.6 Å². The Morgan fingerprint density at radius 2 is 1.52 bits per heavy atom. The average Bonchev–Trinajstić information content (AvgIpc) is 3.81. The Labute approximate surface area is 258 Å². The van der Waals surface area contributed by atoms with Gasteiger partial charge in [-0.05, 0) is 55.5 Å². The molecule has 2 fully saturated rings. The monoisotopic (exact) mass is 592 g/mol. The molecule has 2 aliphatic rings. The minimum atomic E-state index is -0.427. The lowest BCUT2D eigenvalue weighted by molar-refractivity contribution is -0.139. The summed E-state index contributed by atoms with van der Waals surface area (Å²) in [5.41, 5.74) is 5.31. The molecule has 0 spiro atoms. The van der Waals surface area contributed by atoms with Crippen LogP contribution in [0.3, 0.4) is 0 Å². The zero-order valence-corrected chi connectivity index (χ0v) is 25.8. The number of fused-ring (bicyclic) bond motifs is 1. The van der Waals surface area contributed by atoms with Gasteiger partial charge in [0.15, 0.2) is 0 Å². The maximum absolute atomic E-state index is 13.0. The van der Waals surface area contributed by atoms with Crippen LogP contribution in [0.15, 0.2) is 60.8 Å². The smallest absolute Gasteiger partial charge is 0.247 e. The second-order valence-electron chi connectivity index (χ2n) is 12.5. The van der Waals surface area contributed by atoms with Crippen LogP contribution in [0.4, 0.5) is 5.69 Å². The molecule has 228 valence electrons. The quantitative estimate of drug-likeness (QED) is 0.266. The van der Waals surface area contributed by atoms with Crippen molar-refractivity contribution in [2.24, 2.45) is 11.8 Å². The van der Waals surface area contributed by atoms with Gasteiger partial charge in [0.05, 0.1) is 29.1 Å². The van der Waals surface area contributed by atoms with Crippen molar-refractivity contribution in [3.05, 3.63) is 66.6 Å². The summed E-state index contributed by atoms with van der Waals surface area (Å²) < 4.78 is 0. The number of likely N-dealkylation sites (tertiary alicyclic amines) is 2. The molecule has 0 radical (unpaired) electrons. The number of rotatable bonds is 7. The number of imidazole rings is 1. The van der Waals surface area contributed by atoms with Crippen LogP contribution in [0.2, 0.25) is 0 Å². The van der Waals surface area contributed by atoms with Gasteiger partial charge >= 0.3 is 0 Å². The summed E-state index contributed by atoms with van der Waals surface area (Å²) in [6, 6.07) is 17.5. The SMILES string of the molecule is CC(C)C(=O)N1CCCC1c1ncc(-c2ccc(-c3ccc4cc(NC(=O)[C@@H]5CCCN5C(=O)C(C)C)ccc4n3)cc2)[nH]1. The molecule has 4 aromatic rings. The summed E-state index contributed by atoms with van der Waals surface area (Å²) in [6.07, 6.45) is 5.27. The molecule has 6 rings (SSSR count). The number of amides is 3. The number of H-pyrrole nitrogens is 1. The Morgan fingerprint density at radius 3 is 2.27 bits per heavy atom. The molecular weight excluding hydrogens is 552 g/mol. The first kappa shape index (κ1) is 29.5. The number of aromatic nitrogens is 3. The van der Waals surface area contributed by atoms with Gasteiger partial charge in [-0.3, -0.25) is 14.4 Å². The predicted octanol–water partition coefficient (Wildman–Crippen LogP) is 6.20. The van der Waals surface area contributed by atoms with Crippen molar-refractivity contribution < 1.29 is 14.4 Å². The number of carbonyl (C=O) groups is 3. The average molecular weight is 593 g/mol. The molecule has 0 bridgehead atoms. The van der Waals surface area contributed by atoms with E-state index in [1.807, 2.05) is 69.1 Å². The number of hydrogen-bond acceptors (Lipinski definition) is 5. The minimum Gasteiger partial charge on any atom is -0.340 e. The van der Waals surface area contributed by atoms with Crippen molar-refractivity contribution >= 4 is 34.3 Å². The standard InChI is InChI=1S/C35H40N6O3/c1-21(2)34(43)40-17-5-7-30(40)32-36-20-29(39-32)24-11-9-23(10-12-24)27-15-13-25-19-26(14-16-28(25)38-27)37-33(42)31-8-6-18-41(31)35(44)22(3)4/h9-16,19-22,30-31H,5-8,17-18H2,1-4H3,(H,36,39)(H,37,42)/t30?,31-/m0/s1. The van der Waals surface area contributed by atoms with E-state index in [0.29, 0.717) is 18.7 Å². The van der Waals surface area contributed by atoms with Crippen LogP contribution in [0.1, 0.15) is 65.2 Å². The van der Waals surface area contributed by atoms with Crippen molar-refractivity contribution in [1.29, 1.82) is 0 Å². The van der Waals surface area contributed by atoms with Gasteiger partial charge in [0.1, 0.15) is 11.9 Å². The maximum atomic E-state index is 13.0. The lowest BCUT2D eigenvalue weighted by Crippen LogP contribution is -2.44. The molecule has 4 heterocycles. The van der Waals surface area contributed by atoms with E-state index in [9.17, 15) is 14.4 Å². The number of nitrogens with one attached hydrogen (secondary N) is 2. The predicted molar refractivity (Wildman–Crippen MR) is 171 cm³/mol. The lowest BCUT2D eigenvalue weighted by Gasteiger charge is -2.25. The normalized spacial score (nSPS) is 18.5. The number of anilines is 1. The molecule has 2 aliphatic heterocycles. The minimum absolute atomic E-state index is 0.0000365. The molecule has 2 atom stereocenters.